The fraction of sp³-hybridized carbons (Fsp3) is 0.465. The Balaban J connectivity index is 1.73. The molecule has 0 radical (unpaired) electrons. The van der Waals surface area contributed by atoms with Crippen LogP contribution in [0.5, 0.6) is 0 Å². The van der Waals surface area contributed by atoms with Crippen molar-refractivity contribution in [2.45, 2.75) is 114 Å². The number of H-pyrrole nitrogens is 1. The van der Waals surface area contributed by atoms with Crippen LogP contribution in [0.3, 0.4) is 0 Å². The second kappa shape index (κ2) is 24.5. The number of nitrogens with one attached hydrogen (secondary N) is 8. The Morgan fingerprint density at radius 1 is 0.746 bits per heavy atom. The summed E-state index contributed by atoms with van der Waals surface area (Å²) in [4.78, 5) is 116. The van der Waals surface area contributed by atoms with Gasteiger partial charge in [-0.05, 0) is 49.8 Å². The van der Waals surface area contributed by atoms with Gasteiger partial charge in [0.15, 0.2) is 5.96 Å². The van der Waals surface area contributed by atoms with Crippen LogP contribution in [0.1, 0.15) is 76.3 Å². The third kappa shape index (κ3) is 15.8. The lowest BCUT2D eigenvalue weighted by Crippen LogP contribution is -2.60. The molecule has 1 aromatic heterocycles. The summed E-state index contributed by atoms with van der Waals surface area (Å²) in [5.41, 5.74) is 18.8. The molecule has 2 heterocycles. The van der Waals surface area contributed by atoms with Gasteiger partial charge in [0.05, 0.1) is 0 Å². The summed E-state index contributed by atoms with van der Waals surface area (Å²) in [5, 5.41) is 19.3. The van der Waals surface area contributed by atoms with Crippen molar-refractivity contribution >= 4 is 64.1 Å². The molecule has 0 spiro atoms. The van der Waals surface area contributed by atoms with Gasteiger partial charge in [0.1, 0.15) is 36.3 Å². The predicted molar refractivity (Wildman–Crippen MR) is 235 cm³/mol. The highest BCUT2D eigenvalue weighted by molar-refractivity contribution is 5.97. The number of nitrogens with two attached hydrogens (primary N) is 3. The average molecular weight is 873 g/mol. The second-order valence-corrected chi connectivity index (χ2v) is 15.5. The van der Waals surface area contributed by atoms with Gasteiger partial charge in [-0.15, -0.1) is 0 Å². The molecular weight excluding hydrogens is 813 g/mol. The molecule has 20 heteroatoms. The van der Waals surface area contributed by atoms with E-state index in [4.69, 9.17) is 17.2 Å². The van der Waals surface area contributed by atoms with Gasteiger partial charge in [0, 0.05) is 55.9 Å². The van der Waals surface area contributed by atoms with Gasteiger partial charge in [-0.1, -0.05) is 68.3 Å². The van der Waals surface area contributed by atoms with E-state index in [1.165, 1.54) is 6.92 Å². The summed E-state index contributed by atoms with van der Waals surface area (Å²) < 4.78 is 0. The number of aliphatic imine (C=N–C) groups is 1. The van der Waals surface area contributed by atoms with Gasteiger partial charge in [0.2, 0.25) is 47.3 Å². The van der Waals surface area contributed by atoms with E-state index in [0.29, 0.717) is 17.5 Å². The van der Waals surface area contributed by atoms with Gasteiger partial charge in [-0.25, -0.2) is 0 Å². The quantitative estimate of drug-likeness (QED) is 0.0528. The number of fused-ring (bicyclic) bond motifs is 1. The molecule has 0 bridgehead atoms. The number of hydrogen-bond acceptors (Lipinski definition) is 9. The number of rotatable bonds is 14. The molecule has 4 rings (SSSR count). The minimum atomic E-state index is -1.37. The van der Waals surface area contributed by atoms with E-state index in [9.17, 15) is 38.4 Å². The van der Waals surface area contributed by atoms with Gasteiger partial charge < -0.3 is 59.4 Å². The molecule has 340 valence electrons. The smallest absolute Gasteiger partial charge is 0.245 e. The number of para-hydroxylation sites is 1. The third-order valence-corrected chi connectivity index (χ3v) is 10.5. The minimum Gasteiger partial charge on any atom is -0.370 e. The lowest BCUT2D eigenvalue weighted by Gasteiger charge is -2.27. The van der Waals surface area contributed by atoms with Crippen molar-refractivity contribution in [1.29, 1.82) is 0 Å². The van der Waals surface area contributed by atoms with Crippen molar-refractivity contribution < 1.29 is 38.4 Å². The highest BCUT2D eigenvalue weighted by Gasteiger charge is 2.33. The average Bonchev–Trinajstić information content (AvgIpc) is 3.66. The molecular formula is C43H60N12O8. The van der Waals surface area contributed by atoms with E-state index in [2.05, 4.69) is 47.2 Å². The van der Waals surface area contributed by atoms with Crippen LogP contribution in [0.25, 0.3) is 10.9 Å². The Morgan fingerprint density at radius 3 is 2.11 bits per heavy atom. The zero-order valence-electron chi connectivity index (χ0n) is 35.7. The van der Waals surface area contributed by atoms with Crippen LogP contribution in [-0.2, 0) is 51.2 Å². The second-order valence-electron chi connectivity index (χ2n) is 15.5. The number of guanidine groups is 1. The molecule has 63 heavy (non-hydrogen) atoms. The zero-order chi connectivity index (χ0) is 45.9. The van der Waals surface area contributed by atoms with Crippen LogP contribution in [0.4, 0.5) is 0 Å². The monoisotopic (exact) mass is 872 g/mol. The standard InChI is InChI=1S/C43H60N12O8/c1-3-4-6-17-36(57)51-34-24-49-35(56)19-18-30(37(44)58)52-41(62)33(22-27-23-48-29-15-10-9-14-28(27)29)55-39(60)31(16-11-20-47-43(45)46)53-40(61)32(21-26-12-7-5-8-13-26)54-38(59)25(2)50-42(34)63/h5,7-10,12-15,23,25,30-34,48H,3-4,6,11,16-22,24H2,1-2H3,(H2,44,58)(H,49,56)(H,50,63)(H,51,57)(H,52,62)(H,53,61)(H,54,59)(H,55,60)(H4,45,46,47)/t25-,30-,31-,32+,33-,34-/m0/s1. The Kier molecular flexibility index (Phi) is 18.9. The first-order chi connectivity index (χ1) is 30.1. The fourth-order valence-electron chi connectivity index (χ4n) is 6.93. The van der Waals surface area contributed by atoms with Crippen molar-refractivity contribution in [3.05, 3.63) is 71.9 Å². The van der Waals surface area contributed by atoms with Crippen LogP contribution in [0.2, 0.25) is 0 Å². The fourth-order valence-corrected chi connectivity index (χ4v) is 6.93. The van der Waals surface area contributed by atoms with Crippen LogP contribution in [-0.4, -0.2) is 108 Å². The molecule has 20 nitrogen and oxygen atoms in total. The molecule has 1 saturated heterocycles. The minimum absolute atomic E-state index is 0.0151. The molecule has 0 saturated carbocycles. The summed E-state index contributed by atoms with van der Waals surface area (Å²) >= 11 is 0. The van der Waals surface area contributed by atoms with Gasteiger partial charge in [-0.3, -0.25) is 43.3 Å². The van der Waals surface area contributed by atoms with E-state index in [-0.39, 0.29) is 64.0 Å². The van der Waals surface area contributed by atoms with Crippen LogP contribution in [0, 0.1) is 0 Å². The number of amides is 8. The Morgan fingerprint density at radius 2 is 1.40 bits per heavy atom. The summed E-state index contributed by atoms with van der Waals surface area (Å²) in [6.07, 6.45) is 3.50. The van der Waals surface area contributed by atoms with Crippen LogP contribution < -0.4 is 54.4 Å². The summed E-state index contributed by atoms with van der Waals surface area (Å²) in [6.45, 7) is 3.08. The summed E-state index contributed by atoms with van der Waals surface area (Å²) in [5.74, 6) is -6.11. The van der Waals surface area contributed by atoms with Crippen molar-refractivity contribution in [3.63, 3.8) is 0 Å². The zero-order valence-corrected chi connectivity index (χ0v) is 35.7. The van der Waals surface area contributed by atoms with Crippen molar-refractivity contribution in [2.24, 2.45) is 22.2 Å². The van der Waals surface area contributed by atoms with Crippen LogP contribution >= 0.6 is 0 Å². The first kappa shape index (κ1) is 48.7. The molecule has 6 atom stereocenters. The van der Waals surface area contributed by atoms with E-state index in [1.807, 2.05) is 31.2 Å². The summed E-state index contributed by atoms with van der Waals surface area (Å²) in [6, 6.07) is 8.25. The SMILES string of the molecule is CCCCCC(=O)N[C@H]1CNC(=O)CC[C@@H](C(N)=O)NC(=O)[C@H](Cc2c[nH]c3ccccc23)NC(=O)[C@H](CCCN=C(N)N)NC(=O)[C@@H](Cc2ccccc2)NC(=O)[C@H](C)NC1=O. The number of carbonyl (C=O) groups is 8. The first-order valence-electron chi connectivity index (χ1n) is 21.2. The van der Waals surface area contributed by atoms with Crippen molar-refractivity contribution in [1.82, 2.24) is 42.2 Å². The molecule has 0 aliphatic carbocycles. The van der Waals surface area contributed by atoms with E-state index < -0.39 is 83.5 Å². The number of aromatic nitrogens is 1. The Bertz CT molecular complexity index is 2100. The molecule has 0 unspecified atom stereocenters. The highest BCUT2D eigenvalue weighted by atomic mass is 16.2. The maximum atomic E-state index is 14.3. The molecule has 1 aliphatic heterocycles. The molecule has 3 aromatic rings. The molecule has 2 aromatic carbocycles. The van der Waals surface area contributed by atoms with Crippen LogP contribution in [0.15, 0.2) is 65.8 Å². The largest absolute Gasteiger partial charge is 0.370 e. The topological polar surface area (TPSA) is 327 Å². The first-order valence-corrected chi connectivity index (χ1v) is 21.2. The maximum absolute atomic E-state index is 14.3. The Hall–Kier alpha value is -6.99. The van der Waals surface area contributed by atoms with Gasteiger partial charge in [0.25, 0.3) is 0 Å². The van der Waals surface area contributed by atoms with Crippen molar-refractivity contribution in [2.75, 3.05) is 13.1 Å². The van der Waals surface area contributed by atoms with E-state index in [0.717, 1.165) is 23.7 Å². The number of benzene rings is 2. The highest BCUT2D eigenvalue weighted by Crippen LogP contribution is 2.20. The van der Waals surface area contributed by atoms with Crippen molar-refractivity contribution in [3.8, 4) is 0 Å². The predicted octanol–water partition coefficient (Wildman–Crippen LogP) is -1.09. The molecule has 1 aliphatic rings. The number of unbranched alkanes of at least 4 members (excludes halogenated alkanes) is 2. The molecule has 1 fully saturated rings. The normalized spacial score (nSPS) is 22.2. The van der Waals surface area contributed by atoms with Gasteiger partial charge in [-0.2, -0.15) is 0 Å². The molecule has 8 amide bonds. The number of aromatic amines is 1. The third-order valence-electron chi connectivity index (χ3n) is 10.5. The Labute approximate surface area is 365 Å². The number of primary amides is 1. The number of carbonyl (C=O) groups excluding carboxylic acids is 8. The lowest BCUT2D eigenvalue weighted by molar-refractivity contribution is -0.135. The number of hydrogen-bond donors (Lipinski definition) is 11. The van der Waals surface area contributed by atoms with E-state index >= 15 is 0 Å². The van der Waals surface area contributed by atoms with Gasteiger partial charge >= 0.3 is 0 Å². The summed E-state index contributed by atoms with van der Waals surface area (Å²) in [7, 11) is 0. The van der Waals surface area contributed by atoms with E-state index in [1.54, 1.807) is 36.5 Å². The maximum Gasteiger partial charge on any atom is 0.245 e. The number of nitrogens with zero attached hydrogens (tertiary/aromatic N) is 1. The lowest BCUT2D eigenvalue weighted by atomic mass is 10.0. The molecule has 14 N–H and O–H groups in total.